The van der Waals surface area contributed by atoms with Gasteiger partial charge in [-0.05, 0) is 49.4 Å². The quantitative estimate of drug-likeness (QED) is 0.673. The molecule has 0 aliphatic rings. The molecule has 1 unspecified atom stereocenters. The van der Waals surface area contributed by atoms with E-state index in [9.17, 15) is 0 Å². The van der Waals surface area contributed by atoms with Crippen molar-refractivity contribution in [1.82, 2.24) is 5.32 Å². The van der Waals surface area contributed by atoms with Crippen molar-refractivity contribution in [2.75, 3.05) is 12.3 Å². The molecule has 21 heavy (non-hydrogen) atoms. The Bertz CT molecular complexity index is 584. The topological polar surface area (TPSA) is 12.0 Å². The first-order valence-corrected chi connectivity index (χ1v) is 8.72. The summed E-state index contributed by atoms with van der Waals surface area (Å²) in [6.07, 6.45) is 0. The Morgan fingerprint density at radius 1 is 1.10 bits per heavy atom. The van der Waals surface area contributed by atoms with Crippen LogP contribution < -0.4 is 5.32 Å². The SMILES string of the molecule is CCNC(CSc1ccc(C)cc1)c1cc(Cl)ccc1Cl. The summed E-state index contributed by atoms with van der Waals surface area (Å²) in [5.41, 5.74) is 2.34. The van der Waals surface area contributed by atoms with Gasteiger partial charge in [-0.25, -0.2) is 0 Å². The Morgan fingerprint density at radius 3 is 2.48 bits per heavy atom. The molecule has 0 aliphatic heterocycles. The van der Waals surface area contributed by atoms with Crippen molar-refractivity contribution < 1.29 is 0 Å². The second-order valence-electron chi connectivity index (χ2n) is 4.90. The van der Waals surface area contributed by atoms with Crippen molar-refractivity contribution in [3.05, 3.63) is 63.6 Å². The first-order chi connectivity index (χ1) is 10.1. The average molecular weight is 340 g/mol. The number of hydrogen-bond donors (Lipinski definition) is 1. The van der Waals surface area contributed by atoms with Gasteiger partial charge in [-0.2, -0.15) is 0 Å². The van der Waals surface area contributed by atoms with E-state index in [1.807, 2.05) is 30.0 Å². The lowest BCUT2D eigenvalue weighted by atomic mass is 10.1. The summed E-state index contributed by atoms with van der Waals surface area (Å²) in [6.45, 7) is 5.09. The van der Waals surface area contributed by atoms with Crippen LogP contribution in [-0.2, 0) is 0 Å². The van der Waals surface area contributed by atoms with E-state index in [4.69, 9.17) is 23.2 Å². The molecule has 0 radical (unpaired) electrons. The molecule has 0 bridgehead atoms. The summed E-state index contributed by atoms with van der Waals surface area (Å²) >= 11 is 14.2. The molecule has 1 atom stereocenters. The highest BCUT2D eigenvalue weighted by atomic mass is 35.5. The molecule has 0 aromatic heterocycles. The standard InChI is InChI=1S/C17H19Cl2NS/c1-3-20-17(15-10-13(18)6-9-16(15)19)11-21-14-7-4-12(2)5-8-14/h4-10,17,20H,3,11H2,1-2H3. The van der Waals surface area contributed by atoms with Gasteiger partial charge in [0.1, 0.15) is 0 Å². The molecule has 2 aromatic rings. The fourth-order valence-corrected chi connectivity index (χ4v) is 3.52. The maximum Gasteiger partial charge on any atom is 0.0455 e. The zero-order valence-electron chi connectivity index (χ0n) is 12.2. The van der Waals surface area contributed by atoms with Crippen LogP contribution >= 0.6 is 35.0 Å². The summed E-state index contributed by atoms with van der Waals surface area (Å²) in [4.78, 5) is 1.27. The van der Waals surface area contributed by atoms with E-state index in [1.54, 1.807) is 0 Å². The Hall–Kier alpha value is -0.670. The molecule has 112 valence electrons. The van der Waals surface area contributed by atoms with E-state index in [0.29, 0.717) is 0 Å². The maximum atomic E-state index is 6.32. The molecular formula is C17H19Cl2NS. The Kier molecular flexibility index (Phi) is 6.43. The molecule has 0 aliphatic carbocycles. The summed E-state index contributed by atoms with van der Waals surface area (Å²) < 4.78 is 0. The van der Waals surface area contributed by atoms with Gasteiger partial charge in [0.15, 0.2) is 0 Å². The lowest BCUT2D eigenvalue weighted by molar-refractivity contribution is 0.606. The molecule has 2 aromatic carbocycles. The van der Waals surface area contributed by atoms with E-state index >= 15 is 0 Å². The lowest BCUT2D eigenvalue weighted by Crippen LogP contribution is -2.23. The number of hydrogen-bond acceptors (Lipinski definition) is 2. The van der Waals surface area contributed by atoms with Gasteiger partial charge in [-0.15, -0.1) is 11.8 Å². The molecule has 0 heterocycles. The molecule has 4 heteroatoms. The Labute approximate surface area is 141 Å². The van der Waals surface area contributed by atoms with Crippen LogP contribution in [0, 0.1) is 6.92 Å². The molecule has 0 fully saturated rings. The second kappa shape index (κ2) is 8.09. The largest absolute Gasteiger partial charge is 0.309 e. The van der Waals surface area contributed by atoms with Crippen LogP contribution in [0.25, 0.3) is 0 Å². The Balaban J connectivity index is 2.11. The average Bonchev–Trinajstić information content (AvgIpc) is 2.48. The highest BCUT2D eigenvalue weighted by Crippen LogP contribution is 2.30. The summed E-state index contributed by atoms with van der Waals surface area (Å²) in [7, 11) is 0. The van der Waals surface area contributed by atoms with Crippen molar-refractivity contribution in [2.45, 2.75) is 24.8 Å². The van der Waals surface area contributed by atoms with Crippen LogP contribution in [0.4, 0.5) is 0 Å². The third-order valence-electron chi connectivity index (χ3n) is 3.22. The number of thioether (sulfide) groups is 1. The minimum Gasteiger partial charge on any atom is -0.309 e. The van der Waals surface area contributed by atoms with Crippen LogP contribution in [0.1, 0.15) is 24.1 Å². The van der Waals surface area contributed by atoms with Crippen LogP contribution in [0.2, 0.25) is 10.0 Å². The van der Waals surface area contributed by atoms with Crippen LogP contribution in [-0.4, -0.2) is 12.3 Å². The monoisotopic (exact) mass is 339 g/mol. The minimum absolute atomic E-state index is 0.188. The van der Waals surface area contributed by atoms with Crippen molar-refractivity contribution in [3.8, 4) is 0 Å². The van der Waals surface area contributed by atoms with Gasteiger partial charge in [0.2, 0.25) is 0 Å². The predicted molar refractivity (Wildman–Crippen MR) is 94.8 cm³/mol. The normalized spacial score (nSPS) is 12.4. The van der Waals surface area contributed by atoms with Gasteiger partial charge in [-0.3, -0.25) is 0 Å². The first kappa shape index (κ1) is 16.7. The Morgan fingerprint density at radius 2 is 1.81 bits per heavy atom. The molecule has 0 saturated heterocycles. The smallest absolute Gasteiger partial charge is 0.0455 e. The van der Waals surface area contributed by atoms with Crippen LogP contribution in [0.15, 0.2) is 47.4 Å². The lowest BCUT2D eigenvalue weighted by Gasteiger charge is -2.19. The van der Waals surface area contributed by atoms with E-state index < -0.39 is 0 Å². The van der Waals surface area contributed by atoms with Crippen molar-refractivity contribution in [2.24, 2.45) is 0 Å². The molecule has 0 amide bonds. The minimum atomic E-state index is 0.188. The third-order valence-corrected chi connectivity index (χ3v) is 4.91. The van der Waals surface area contributed by atoms with Crippen LogP contribution in [0.5, 0.6) is 0 Å². The highest BCUT2D eigenvalue weighted by molar-refractivity contribution is 7.99. The van der Waals surface area contributed by atoms with Crippen LogP contribution in [0.3, 0.4) is 0 Å². The fraction of sp³-hybridized carbons (Fsp3) is 0.294. The van der Waals surface area contributed by atoms with Crippen molar-refractivity contribution in [3.63, 3.8) is 0 Å². The number of nitrogens with one attached hydrogen (secondary N) is 1. The zero-order valence-corrected chi connectivity index (χ0v) is 14.5. The molecule has 0 saturated carbocycles. The number of rotatable bonds is 6. The molecule has 0 spiro atoms. The first-order valence-electron chi connectivity index (χ1n) is 6.98. The van der Waals surface area contributed by atoms with Gasteiger partial charge < -0.3 is 5.32 Å². The molecular weight excluding hydrogens is 321 g/mol. The third kappa shape index (κ3) is 4.93. The van der Waals surface area contributed by atoms with E-state index in [0.717, 1.165) is 27.9 Å². The van der Waals surface area contributed by atoms with E-state index in [-0.39, 0.29) is 6.04 Å². The second-order valence-corrected chi connectivity index (χ2v) is 6.84. The highest BCUT2D eigenvalue weighted by Gasteiger charge is 2.14. The summed E-state index contributed by atoms with van der Waals surface area (Å²) in [6, 6.07) is 14.4. The van der Waals surface area contributed by atoms with E-state index in [1.165, 1.54) is 10.5 Å². The van der Waals surface area contributed by atoms with Gasteiger partial charge in [0.05, 0.1) is 0 Å². The number of halogens is 2. The van der Waals surface area contributed by atoms with Gasteiger partial charge in [0, 0.05) is 26.7 Å². The van der Waals surface area contributed by atoms with Gasteiger partial charge in [0.25, 0.3) is 0 Å². The molecule has 2 rings (SSSR count). The summed E-state index contributed by atoms with van der Waals surface area (Å²) in [5.74, 6) is 0.914. The van der Waals surface area contributed by atoms with E-state index in [2.05, 4.69) is 43.4 Å². The number of benzene rings is 2. The van der Waals surface area contributed by atoms with Gasteiger partial charge in [-0.1, -0.05) is 47.8 Å². The molecule has 1 N–H and O–H groups in total. The maximum absolute atomic E-state index is 6.32. The predicted octanol–water partition coefficient (Wildman–Crippen LogP) is 5.74. The van der Waals surface area contributed by atoms with Crippen molar-refractivity contribution >= 4 is 35.0 Å². The summed E-state index contributed by atoms with van der Waals surface area (Å²) in [5, 5.41) is 4.96. The van der Waals surface area contributed by atoms with Gasteiger partial charge >= 0.3 is 0 Å². The molecule has 1 nitrogen and oxygen atoms in total. The van der Waals surface area contributed by atoms with Crippen molar-refractivity contribution in [1.29, 1.82) is 0 Å². The zero-order chi connectivity index (χ0) is 15.2. The fourth-order valence-electron chi connectivity index (χ4n) is 2.10. The number of aryl methyl sites for hydroxylation is 1.